The number of thioether (sulfide) groups is 1. The van der Waals surface area contributed by atoms with Crippen LogP contribution in [-0.4, -0.2) is 18.1 Å². The van der Waals surface area contributed by atoms with Crippen molar-refractivity contribution < 1.29 is 4.74 Å². The molecule has 3 heteroatoms. The van der Waals surface area contributed by atoms with Crippen LogP contribution < -0.4 is 10.5 Å². The normalized spacial score (nSPS) is 21.5. The molecule has 0 amide bonds. The lowest BCUT2D eigenvalue weighted by atomic mass is 9.95. The van der Waals surface area contributed by atoms with Gasteiger partial charge in [0, 0.05) is 11.3 Å². The van der Waals surface area contributed by atoms with E-state index in [9.17, 15) is 0 Å². The molecule has 0 spiro atoms. The first-order valence-electron chi connectivity index (χ1n) is 6.16. The highest BCUT2D eigenvalue weighted by atomic mass is 32.2. The van der Waals surface area contributed by atoms with Gasteiger partial charge in [-0.2, -0.15) is 11.8 Å². The number of methoxy groups -OCH3 is 1. The molecule has 2 unspecified atom stereocenters. The number of rotatable bonds is 3. The highest BCUT2D eigenvalue weighted by molar-refractivity contribution is 8.00. The average molecular weight is 251 g/mol. The van der Waals surface area contributed by atoms with E-state index in [0.717, 1.165) is 5.75 Å². The Morgan fingerprint density at radius 2 is 2.12 bits per heavy atom. The van der Waals surface area contributed by atoms with Crippen molar-refractivity contribution in [1.82, 2.24) is 0 Å². The van der Waals surface area contributed by atoms with Gasteiger partial charge in [0.25, 0.3) is 0 Å². The maximum Gasteiger partial charge on any atom is 0.122 e. The number of ether oxygens (including phenoxy) is 1. The topological polar surface area (TPSA) is 35.2 Å². The zero-order chi connectivity index (χ0) is 12.4. The van der Waals surface area contributed by atoms with Crippen LogP contribution in [0.1, 0.15) is 35.6 Å². The zero-order valence-corrected chi connectivity index (χ0v) is 11.6. The molecule has 1 heterocycles. The molecular weight excluding hydrogens is 230 g/mol. The summed E-state index contributed by atoms with van der Waals surface area (Å²) in [5.74, 6) is 2.21. The Hall–Kier alpha value is -0.670. The third kappa shape index (κ3) is 2.61. The van der Waals surface area contributed by atoms with E-state index < -0.39 is 0 Å². The molecule has 0 saturated carbocycles. The van der Waals surface area contributed by atoms with Crippen molar-refractivity contribution in [2.75, 3.05) is 12.9 Å². The summed E-state index contributed by atoms with van der Waals surface area (Å²) in [6.45, 7) is 4.20. The van der Waals surface area contributed by atoms with Gasteiger partial charge in [0.1, 0.15) is 5.75 Å². The van der Waals surface area contributed by atoms with E-state index in [2.05, 4.69) is 26.0 Å². The SMILES string of the molecule is COc1cc(C)c(C(N)C2CCCS2)cc1C. The second-order valence-corrected chi connectivity index (χ2v) is 6.10. The van der Waals surface area contributed by atoms with Gasteiger partial charge in [0.15, 0.2) is 0 Å². The summed E-state index contributed by atoms with van der Waals surface area (Å²) in [6, 6.07) is 4.45. The molecule has 0 aliphatic carbocycles. The Balaban J connectivity index is 2.28. The molecule has 2 atom stereocenters. The second-order valence-electron chi connectivity index (χ2n) is 4.76. The van der Waals surface area contributed by atoms with Crippen LogP contribution >= 0.6 is 11.8 Å². The van der Waals surface area contributed by atoms with Gasteiger partial charge in [-0.25, -0.2) is 0 Å². The van der Waals surface area contributed by atoms with Gasteiger partial charge in [-0.15, -0.1) is 0 Å². The largest absolute Gasteiger partial charge is 0.496 e. The number of benzene rings is 1. The van der Waals surface area contributed by atoms with Crippen molar-refractivity contribution in [3.8, 4) is 5.75 Å². The summed E-state index contributed by atoms with van der Waals surface area (Å²) in [5, 5.41) is 0.585. The molecule has 0 radical (unpaired) electrons. The van der Waals surface area contributed by atoms with Gasteiger partial charge in [0.2, 0.25) is 0 Å². The van der Waals surface area contributed by atoms with Crippen molar-refractivity contribution in [2.24, 2.45) is 5.73 Å². The summed E-state index contributed by atoms with van der Waals surface area (Å²) >= 11 is 2.01. The van der Waals surface area contributed by atoms with Crippen LogP contribution in [-0.2, 0) is 0 Å². The van der Waals surface area contributed by atoms with Crippen LogP contribution in [0.2, 0.25) is 0 Å². The van der Waals surface area contributed by atoms with Crippen LogP contribution in [0.3, 0.4) is 0 Å². The third-order valence-corrected chi connectivity index (χ3v) is 4.99. The van der Waals surface area contributed by atoms with Crippen molar-refractivity contribution in [1.29, 1.82) is 0 Å². The summed E-state index contributed by atoms with van der Waals surface area (Å²) < 4.78 is 5.34. The minimum atomic E-state index is 0.159. The van der Waals surface area contributed by atoms with E-state index in [0.29, 0.717) is 5.25 Å². The number of aryl methyl sites for hydroxylation is 2. The van der Waals surface area contributed by atoms with Gasteiger partial charge < -0.3 is 10.5 Å². The smallest absolute Gasteiger partial charge is 0.122 e. The lowest BCUT2D eigenvalue weighted by Gasteiger charge is -2.22. The number of hydrogen-bond acceptors (Lipinski definition) is 3. The first-order chi connectivity index (χ1) is 8.13. The summed E-state index contributed by atoms with van der Waals surface area (Å²) in [4.78, 5) is 0. The van der Waals surface area contributed by atoms with Crippen LogP contribution in [0, 0.1) is 13.8 Å². The molecule has 1 aromatic rings. The molecular formula is C14H21NOS. The van der Waals surface area contributed by atoms with Gasteiger partial charge in [-0.05, 0) is 55.2 Å². The van der Waals surface area contributed by atoms with E-state index in [1.54, 1.807) is 7.11 Å². The highest BCUT2D eigenvalue weighted by Crippen LogP contribution is 2.37. The maximum atomic E-state index is 6.40. The average Bonchev–Trinajstić information content (AvgIpc) is 2.84. The minimum Gasteiger partial charge on any atom is -0.496 e. The summed E-state index contributed by atoms with van der Waals surface area (Å²) in [5.41, 5.74) is 10.1. The third-order valence-electron chi connectivity index (χ3n) is 3.51. The monoisotopic (exact) mass is 251 g/mol. The summed E-state index contributed by atoms with van der Waals surface area (Å²) in [6.07, 6.45) is 2.55. The first-order valence-corrected chi connectivity index (χ1v) is 7.20. The van der Waals surface area contributed by atoms with E-state index in [1.165, 1.54) is 35.3 Å². The van der Waals surface area contributed by atoms with Crippen LogP contribution in [0.5, 0.6) is 5.75 Å². The van der Waals surface area contributed by atoms with E-state index >= 15 is 0 Å². The van der Waals surface area contributed by atoms with Gasteiger partial charge in [0.05, 0.1) is 7.11 Å². The molecule has 2 nitrogen and oxygen atoms in total. The second kappa shape index (κ2) is 5.32. The Bertz CT molecular complexity index is 399. The van der Waals surface area contributed by atoms with Gasteiger partial charge in [-0.1, -0.05) is 6.07 Å². The highest BCUT2D eigenvalue weighted by Gasteiger charge is 2.25. The van der Waals surface area contributed by atoms with E-state index in [4.69, 9.17) is 10.5 Å². The molecule has 17 heavy (non-hydrogen) atoms. The predicted molar refractivity (Wildman–Crippen MR) is 74.9 cm³/mol. The Kier molecular flexibility index (Phi) is 4.00. The van der Waals surface area contributed by atoms with E-state index in [1.807, 2.05) is 11.8 Å². The lowest BCUT2D eigenvalue weighted by molar-refractivity contribution is 0.411. The number of hydrogen-bond donors (Lipinski definition) is 1. The van der Waals surface area contributed by atoms with Crippen molar-refractivity contribution >= 4 is 11.8 Å². The minimum absolute atomic E-state index is 0.159. The molecule has 1 saturated heterocycles. The quantitative estimate of drug-likeness (QED) is 0.896. The molecule has 2 rings (SSSR count). The molecule has 1 aliphatic rings. The maximum absolute atomic E-state index is 6.40. The molecule has 1 aromatic carbocycles. The molecule has 94 valence electrons. The fourth-order valence-electron chi connectivity index (χ4n) is 2.48. The molecule has 2 N–H and O–H groups in total. The fraction of sp³-hybridized carbons (Fsp3) is 0.571. The fourth-order valence-corrected chi connectivity index (χ4v) is 3.80. The van der Waals surface area contributed by atoms with Crippen molar-refractivity contribution in [3.05, 3.63) is 28.8 Å². The van der Waals surface area contributed by atoms with Crippen LogP contribution in [0.15, 0.2) is 12.1 Å². The van der Waals surface area contributed by atoms with Crippen LogP contribution in [0.4, 0.5) is 0 Å². The summed E-state index contributed by atoms with van der Waals surface area (Å²) in [7, 11) is 1.72. The Morgan fingerprint density at radius 3 is 2.71 bits per heavy atom. The van der Waals surface area contributed by atoms with E-state index in [-0.39, 0.29) is 6.04 Å². The van der Waals surface area contributed by atoms with Gasteiger partial charge in [-0.3, -0.25) is 0 Å². The first kappa shape index (κ1) is 12.8. The number of nitrogens with two attached hydrogens (primary N) is 1. The molecule has 0 aromatic heterocycles. The van der Waals surface area contributed by atoms with Crippen molar-refractivity contribution in [3.63, 3.8) is 0 Å². The zero-order valence-electron chi connectivity index (χ0n) is 10.8. The van der Waals surface area contributed by atoms with Crippen molar-refractivity contribution in [2.45, 2.75) is 38.0 Å². The molecule has 1 fully saturated rings. The molecule has 0 bridgehead atoms. The Labute approximate surface area is 108 Å². The lowest BCUT2D eigenvalue weighted by Crippen LogP contribution is -2.22. The van der Waals surface area contributed by atoms with Crippen LogP contribution in [0.25, 0.3) is 0 Å². The Morgan fingerprint density at radius 1 is 1.35 bits per heavy atom. The predicted octanol–water partition coefficient (Wildman–Crippen LogP) is 3.21. The molecule has 1 aliphatic heterocycles. The standard InChI is InChI=1S/C14H21NOS/c1-9-8-12(16-3)10(2)7-11(9)14(15)13-5-4-6-17-13/h7-8,13-14H,4-6,15H2,1-3H3. The van der Waals surface area contributed by atoms with Gasteiger partial charge >= 0.3 is 0 Å².